The molecule has 0 unspecified atom stereocenters. The third-order valence-electron chi connectivity index (χ3n) is 3.91. The summed E-state index contributed by atoms with van der Waals surface area (Å²) in [5.74, 6) is 0.159. The quantitative estimate of drug-likeness (QED) is 0.614. The van der Waals surface area contributed by atoms with Crippen molar-refractivity contribution in [1.82, 2.24) is 0 Å². The molecule has 6 heteroatoms. The molecule has 1 aliphatic rings. The molecule has 1 aromatic carbocycles. The van der Waals surface area contributed by atoms with Gasteiger partial charge in [0.05, 0.1) is 11.0 Å². The van der Waals surface area contributed by atoms with Crippen LogP contribution in [0.2, 0.25) is 0 Å². The van der Waals surface area contributed by atoms with Crippen LogP contribution in [-0.4, -0.2) is 33.4 Å². The Kier molecular flexibility index (Phi) is 5.58. The van der Waals surface area contributed by atoms with Crippen molar-refractivity contribution in [3.05, 3.63) is 24.3 Å². The van der Waals surface area contributed by atoms with E-state index in [4.69, 9.17) is 9.47 Å². The van der Waals surface area contributed by atoms with Crippen LogP contribution in [0.1, 0.15) is 32.6 Å². The summed E-state index contributed by atoms with van der Waals surface area (Å²) in [6, 6.07) is 5.90. The molecule has 1 fully saturated rings. The second-order valence-corrected chi connectivity index (χ2v) is 7.85. The summed E-state index contributed by atoms with van der Waals surface area (Å²) in [6.07, 6.45) is 5.64. The molecule has 22 heavy (non-hydrogen) atoms. The van der Waals surface area contributed by atoms with Gasteiger partial charge in [-0.05, 0) is 37.0 Å². The lowest BCUT2D eigenvalue weighted by Crippen LogP contribution is -2.29. The van der Waals surface area contributed by atoms with Gasteiger partial charge in [0.15, 0.2) is 9.84 Å². The first-order chi connectivity index (χ1) is 10.4. The lowest BCUT2D eigenvalue weighted by molar-refractivity contribution is -0.143. The van der Waals surface area contributed by atoms with Crippen molar-refractivity contribution in [1.29, 1.82) is 0 Å². The van der Waals surface area contributed by atoms with Gasteiger partial charge in [-0.25, -0.2) is 13.2 Å². The highest BCUT2D eigenvalue weighted by Gasteiger charge is 2.23. The third-order valence-corrected chi connectivity index (χ3v) is 5.02. The molecule has 0 saturated heterocycles. The van der Waals surface area contributed by atoms with Gasteiger partial charge >= 0.3 is 5.97 Å². The van der Waals surface area contributed by atoms with Crippen LogP contribution in [0.4, 0.5) is 0 Å². The van der Waals surface area contributed by atoms with Crippen molar-refractivity contribution in [2.75, 3.05) is 12.9 Å². The summed E-state index contributed by atoms with van der Waals surface area (Å²) in [4.78, 5) is 12.0. The molecular weight excluding hydrogens is 304 g/mol. The molecule has 0 spiro atoms. The van der Waals surface area contributed by atoms with E-state index in [-0.39, 0.29) is 23.4 Å². The van der Waals surface area contributed by atoms with Gasteiger partial charge < -0.3 is 9.47 Å². The lowest BCUT2D eigenvalue weighted by atomic mass is 9.88. The predicted molar refractivity (Wildman–Crippen MR) is 82.6 cm³/mol. The van der Waals surface area contributed by atoms with Crippen molar-refractivity contribution in [2.24, 2.45) is 5.92 Å². The summed E-state index contributed by atoms with van der Waals surface area (Å²) >= 11 is 0. The largest absolute Gasteiger partial charge is 0.425 e. The van der Waals surface area contributed by atoms with Crippen LogP contribution in [0.3, 0.4) is 0 Å². The zero-order valence-electron chi connectivity index (χ0n) is 12.9. The molecule has 0 aliphatic heterocycles. The Morgan fingerprint density at radius 1 is 1.27 bits per heavy atom. The second-order valence-electron chi connectivity index (χ2n) is 5.83. The molecule has 1 aromatic rings. The average Bonchev–Trinajstić information content (AvgIpc) is 2.46. The zero-order chi connectivity index (χ0) is 16.2. The number of esters is 1. The topological polar surface area (TPSA) is 69.7 Å². The highest BCUT2D eigenvalue weighted by molar-refractivity contribution is 7.90. The number of hydrogen-bond acceptors (Lipinski definition) is 5. The number of ether oxygens (including phenoxy) is 2. The molecule has 0 heterocycles. The first-order valence-corrected chi connectivity index (χ1v) is 9.38. The Morgan fingerprint density at radius 2 is 2.00 bits per heavy atom. The van der Waals surface area contributed by atoms with E-state index in [9.17, 15) is 13.2 Å². The molecule has 0 radical (unpaired) electrons. The molecule has 2 rings (SSSR count). The molecule has 122 valence electrons. The van der Waals surface area contributed by atoms with Crippen LogP contribution < -0.4 is 4.74 Å². The molecule has 1 aliphatic carbocycles. The average molecular weight is 326 g/mol. The van der Waals surface area contributed by atoms with Gasteiger partial charge in [0.1, 0.15) is 12.4 Å². The van der Waals surface area contributed by atoms with Gasteiger partial charge in [-0.1, -0.05) is 25.8 Å². The highest BCUT2D eigenvalue weighted by atomic mass is 32.2. The normalized spacial score (nSPS) is 22.3. The number of rotatable bonds is 5. The van der Waals surface area contributed by atoms with Gasteiger partial charge in [-0.15, -0.1) is 0 Å². The molecule has 1 saturated carbocycles. The van der Waals surface area contributed by atoms with Crippen molar-refractivity contribution in [3.63, 3.8) is 0 Å². The molecule has 0 N–H and O–H groups in total. The maximum atomic E-state index is 11.8. The van der Waals surface area contributed by atoms with Crippen LogP contribution in [0.25, 0.3) is 0 Å². The second kappa shape index (κ2) is 7.24. The molecule has 0 aromatic heterocycles. The summed E-state index contributed by atoms with van der Waals surface area (Å²) in [5, 5.41) is 0. The van der Waals surface area contributed by atoms with E-state index in [1.54, 1.807) is 12.1 Å². The third kappa shape index (κ3) is 4.81. The van der Waals surface area contributed by atoms with Crippen LogP contribution in [0, 0.1) is 5.92 Å². The van der Waals surface area contributed by atoms with Gasteiger partial charge in [-0.2, -0.15) is 0 Å². The minimum Gasteiger partial charge on any atom is -0.425 e. The van der Waals surface area contributed by atoms with Crippen molar-refractivity contribution < 1.29 is 22.7 Å². The van der Waals surface area contributed by atoms with E-state index in [0.717, 1.165) is 25.5 Å². The summed E-state index contributed by atoms with van der Waals surface area (Å²) < 4.78 is 33.7. The minimum absolute atomic E-state index is 0.101. The number of carbonyl (C=O) groups is 1. The molecule has 2 atom stereocenters. The van der Waals surface area contributed by atoms with E-state index in [1.807, 2.05) is 0 Å². The van der Waals surface area contributed by atoms with Crippen molar-refractivity contribution in [3.8, 4) is 5.75 Å². The first-order valence-electron chi connectivity index (χ1n) is 7.48. The fraction of sp³-hybridized carbons (Fsp3) is 0.562. The van der Waals surface area contributed by atoms with Crippen LogP contribution in [0.15, 0.2) is 29.2 Å². The van der Waals surface area contributed by atoms with Gasteiger partial charge in [-0.3, -0.25) is 0 Å². The first kappa shape index (κ1) is 17.0. The SMILES string of the molecule is C[C@H]1CCCC[C@@H]1OCC(=O)Oc1cccc(S(C)(=O)=O)c1. The fourth-order valence-corrected chi connectivity index (χ4v) is 3.29. The van der Waals surface area contributed by atoms with Crippen LogP contribution >= 0.6 is 0 Å². The molecule has 5 nitrogen and oxygen atoms in total. The van der Waals surface area contributed by atoms with Gasteiger partial charge in [0.25, 0.3) is 0 Å². The summed E-state index contributed by atoms with van der Waals surface area (Å²) in [5.41, 5.74) is 0. The minimum atomic E-state index is -3.32. The lowest BCUT2D eigenvalue weighted by Gasteiger charge is -2.28. The van der Waals surface area contributed by atoms with E-state index >= 15 is 0 Å². The van der Waals surface area contributed by atoms with E-state index in [2.05, 4.69) is 6.92 Å². The summed E-state index contributed by atoms with van der Waals surface area (Å²) in [6.45, 7) is 2.02. The Bertz CT molecular complexity index is 623. The monoisotopic (exact) mass is 326 g/mol. The van der Waals surface area contributed by atoms with Crippen molar-refractivity contribution in [2.45, 2.75) is 43.6 Å². The summed E-state index contributed by atoms with van der Waals surface area (Å²) in [7, 11) is -3.32. The molecule has 0 amide bonds. The number of hydrogen-bond donors (Lipinski definition) is 0. The maximum Gasteiger partial charge on any atom is 0.337 e. The Morgan fingerprint density at radius 3 is 2.68 bits per heavy atom. The highest BCUT2D eigenvalue weighted by Crippen LogP contribution is 2.26. The number of benzene rings is 1. The molecular formula is C16H22O5S. The fourth-order valence-electron chi connectivity index (χ4n) is 2.63. The maximum absolute atomic E-state index is 11.8. The predicted octanol–water partition coefficient (Wildman–Crippen LogP) is 2.59. The van der Waals surface area contributed by atoms with Gasteiger partial charge in [0, 0.05) is 6.26 Å². The van der Waals surface area contributed by atoms with E-state index in [1.165, 1.54) is 18.6 Å². The molecule has 0 bridgehead atoms. The van der Waals surface area contributed by atoms with Crippen molar-refractivity contribution >= 4 is 15.8 Å². The number of carbonyl (C=O) groups excluding carboxylic acids is 1. The standard InChI is InChI=1S/C16H22O5S/c1-12-6-3-4-9-15(12)20-11-16(17)21-13-7-5-8-14(10-13)22(2,18)19/h5,7-8,10,12,15H,3-4,6,9,11H2,1-2H3/t12-,15-/m0/s1. The number of sulfone groups is 1. The zero-order valence-corrected chi connectivity index (χ0v) is 13.8. The Balaban J connectivity index is 1.89. The van der Waals surface area contributed by atoms with Crippen LogP contribution in [-0.2, 0) is 19.4 Å². The Labute approximate surface area is 131 Å². The van der Waals surface area contributed by atoms with Gasteiger partial charge in [0.2, 0.25) is 0 Å². The van der Waals surface area contributed by atoms with E-state index in [0.29, 0.717) is 5.92 Å². The Hall–Kier alpha value is -1.40. The van der Waals surface area contributed by atoms with E-state index < -0.39 is 15.8 Å². The van der Waals surface area contributed by atoms with Crippen LogP contribution in [0.5, 0.6) is 5.75 Å². The smallest absolute Gasteiger partial charge is 0.337 e.